The van der Waals surface area contributed by atoms with Crippen molar-refractivity contribution in [3.05, 3.63) is 58.7 Å². The monoisotopic (exact) mass is 492 g/mol. The Kier molecular flexibility index (Phi) is 8.69. The zero-order valence-electron chi connectivity index (χ0n) is 21.5. The van der Waals surface area contributed by atoms with E-state index in [1.165, 1.54) is 14.2 Å². The molecular formula is C29H32O7. The Morgan fingerprint density at radius 1 is 0.694 bits per heavy atom. The maximum atomic E-state index is 13.1. The highest BCUT2D eigenvalue weighted by atomic mass is 16.6. The van der Waals surface area contributed by atoms with Crippen LogP contribution in [0.3, 0.4) is 0 Å². The lowest BCUT2D eigenvalue weighted by Gasteiger charge is -2.11. The van der Waals surface area contributed by atoms with Gasteiger partial charge in [0.05, 0.1) is 26.1 Å². The average Bonchev–Trinajstić information content (AvgIpc) is 3.19. The van der Waals surface area contributed by atoms with E-state index in [4.69, 9.17) is 18.9 Å². The van der Waals surface area contributed by atoms with Crippen LogP contribution in [-0.4, -0.2) is 31.9 Å². The van der Waals surface area contributed by atoms with Crippen molar-refractivity contribution in [2.45, 2.75) is 40.5 Å². The number of hydrogen-bond acceptors (Lipinski definition) is 7. The summed E-state index contributed by atoms with van der Waals surface area (Å²) in [6.45, 7) is 7.04. The summed E-state index contributed by atoms with van der Waals surface area (Å²) in [5, 5.41) is 0. The highest BCUT2D eigenvalue weighted by molar-refractivity contribution is 6.15. The minimum Gasteiger partial charge on any atom is -0.493 e. The number of ether oxygens (including phenoxy) is 4. The molecule has 0 radical (unpaired) electrons. The van der Waals surface area contributed by atoms with Crippen LogP contribution in [-0.2, 0) is 14.4 Å². The summed E-state index contributed by atoms with van der Waals surface area (Å²) in [6, 6.07) is 10.4. The quantitative estimate of drug-likeness (QED) is 0.267. The summed E-state index contributed by atoms with van der Waals surface area (Å²) in [6.07, 6.45) is 4.88. The second-order valence-corrected chi connectivity index (χ2v) is 9.14. The van der Waals surface area contributed by atoms with E-state index in [0.717, 1.165) is 11.1 Å². The topological polar surface area (TPSA) is 88.1 Å². The fourth-order valence-electron chi connectivity index (χ4n) is 3.55. The zero-order valence-corrected chi connectivity index (χ0v) is 21.5. The van der Waals surface area contributed by atoms with Crippen molar-refractivity contribution in [2.75, 3.05) is 14.2 Å². The molecule has 1 aliphatic carbocycles. The Morgan fingerprint density at radius 3 is 1.42 bits per heavy atom. The molecule has 2 aromatic carbocycles. The standard InChI is InChI=1S/C29H32O7/c1-17(2)28(31)35-23-11-7-19(15-25(23)33-5)13-21-9-10-22(27(21)30)14-20-8-12-24(26(16-20)34-6)36-29(32)18(3)4/h7-8,11-18H,9-10H2,1-6H3/b21-13+,22-14+. The van der Waals surface area contributed by atoms with Crippen molar-refractivity contribution in [3.63, 3.8) is 0 Å². The molecule has 190 valence electrons. The molecule has 0 aliphatic heterocycles. The van der Waals surface area contributed by atoms with Gasteiger partial charge in [0, 0.05) is 11.1 Å². The number of ketones is 1. The van der Waals surface area contributed by atoms with E-state index in [1.807, 2.05) is 12.2 Å². The van der Waals surface area contributed by atoms with Gasteiger partial charge in [-0.25, -0.2) is 0 Å². The van der Waals surface area contributed by atoms with Crippen LogP contribution in [0.25, 0.3) is 12.2 Å². The van der Waals surface area contributed by atoms with Gasteiger partial charge in [-0.1, -0.05) is 39.8 Å². The van der Waals surface area contributed by atoms with Crippen LogP contribution < -0.4 is 18.9 Å². The molecule has 0 atom stereocenters. The van der Waals surface area contributed by atoms with Crippen molar-refractivity contribution in [1.82, 2.24) is 0 Å². The summed E-state index contributed by atoms with van der Waals surface area (Å²) in [7, 11) is 3.01. The van der Waals surface area contributed by atoms with E-state index in [2.05, 4.69) is 0 Å². The minimum absolute atomic E-state index is 0.0291. The van der Waals surface area contributed by atoms with E-state index in [-0.39, 0.29) is 29.6 Å². The Hall–Kier alpha value is -3.87. The van der Waals surface area contributed by atoms with Gasteiger partial charge in [0.15, 0.2) is 28.8 Å². The predicted molar refractivity (Wildman–Crippen MR) is 137 cm³/mol. The van der Waals surface area contributed by atoms with Gasteiger partial charge in [0.25, 0.3) is 0 Å². The molecule has 0 unspecified atom stereocenters. The molecule has 0 amide bonds. The van der Waals surface area contributed by atoms with Gasteiger partial charge in [-0.15, -0.1) is 0 Å². The molecule has 0 heterocycles. The summed E-state index contributed by atoms with van der Waals surface area (Å²) >= 11 is 0. The van der Waals surface area contributed by atoms with Gasteiger partial charge in [0.1, 0.15) is 0 Å². The number of allylic oxidation sites excluding steroid dienone is 2. The van der Waals surface area contributed by atoms with Crippen molar-refractivity contribution < 1.29 is 33.3 Å². The summed E-state index contributed by atoms with van der Waals surface area (Å²) in [5.74, 6) is 0.286. The molecule has 1 fully saturated rings. The maximum Gasteiger partial charge on any atom is 0.313 e. The van der Waals surface area contributed by atoms with Crippen molar-refractivity contribution in [3.8, 4) is 23.0 Å². The normalized spacial score (nSPS) is 15.6. The lowest BCUT2D eigenvalue weighted by Crippen LogP contribution is -2.15. The maximum absolute atomic E-state index is 13.1. The van der Waals surface area contributed by atoms with E-state index >= 15 is 0 Å². The fourth-order valence-corrected chi connectivity index (χ4v) is 3.55. The largest absolute Gasteiger partial charge is 0.493 e. The summed E-state index contributed by atoms with van der Waals surface area (Å²) in [5.41, 5.74) is 2.92. The number of Topliss-reactive ketones (excluding diaryl/α,β-unsaturated/α-hetero) is 1. The Bertz CT molecular complexity index is 1120. The molecule has 1 aliphatic rings. The molecule has 2 aromatic rings. The lowest BCUT2D eigenvalue weighted by molar-refractivity contribution is -0.138. The van der Waals surface area contributed by atoms with E-state index < -0.39 is 0 Å². The Labute approximate surface area is 211 Å². The van der Waals surface area contributed by atoms with E-state index in [9.17, 15) is 14.4 Å². The van der Waals surface area contributed by atoms with Gasteiger partial charge in [-0.2, -0.15) is 0 Å². The van der Waals surface area contributed by atoms with Crippen LogP contribution in [0.2, 0.25) is 0 Å². The first-order valence-corrected chi connectivity index (χ1v) is 11.9. The average molecular weight is 493 g/mol. The minimum atomic E-state index is -0.345. The number of rotatable bonds is 8. The number of esters is 2. The first-order chi connectivity index (χ1) is 17.1. The van der Waals surface area contributed by atoms with Crippen molar-refractivity contribution >= 4 is 29.9 Å². The fraction of sp³-hybridized carbons (Fsp3) is 0.345. The number of carbonyl (C=O) groups is 3. The smallest absolute Gasteiger partial charge is 0.313 e. The molecule has 36 heavy (non-hydrogen) atoms. The van der Waals surface area contributed by atoms with Gasteiger partial charge in [-0.3, -0.25) is 14.4 Å². The van der Waals surface area contributed by atoms with Crippen LogP contribution in [0.5, 0.6) is 23.0 Å². The predicted octanol–water partition coefficient (Wildman–Crippen LogP) is 5.66. The van der Waals surface area contributed by atoms with Gasteiger partial charge in [0.2, 0.25) is 0 Å². The molecular weight excluding hydrogens is 460 g/mol. The number of hydrogen-bond donors (Lipinski definition) is 0. The lowest BCUT2D eigenvalue weighted by atomic mass is 10.1. The Balaban J connectivity index is 1.79. The molecule has 7 heteroatoms. The zero-order chi connectivity index (χ0) is 26.4. The van der Waals surface area contributed by atoms with Gasteiger partial charge in [-0.05, 0) is 60.4 Å². The summed E-state index contributed by atoms with van der Waals surface area (Å²) < 4.78 is 21.5. The second kappa shape index (κ2) is 11.7. The number of methoxy groups -OCH3 is 2. The van der Waals surface area contributed by atoms with Gasteiger partial charge >= 0.3 is 11.9 Å². The second-order valence-electron chi connectivity index (χ2n) is 9.14. The number of benzene rings is 2. The Morgan fingerprint density at radius 2 is 1.08 bits per heavy atom. The third-order valence-corrected chi connectivity index (χ3v) is 5.67. The van der Waals surface area contributed by atoms with Crippen molar-refractivity contribution in [2.24, 2.45) is 11.8 Å². The molecule has 0 saturated heterocycles. The molecule has 0 N–H and O–H groups in total. The first-order valence-electron chi connectivity index (χ1n) is 11.9. The van der Waals surface area contributed by atoms with Gasteiger partial charge < -0.3 is 18.9 Å². The first kappa shape index (κ1) is 26.7. The SMILES string of the molecule is COc1cc(/C=C2\CC/C(=C\c3ccc(OC(=O)C(C)C)c(OC)c3)C2=O)ccc1OC(=O)C(C)C. The third kappa shape index (κ3) is 6.42. The van der Waals surface area contributed by atoms with Crippen molar-refractivity contribution in [1.29, 1.82) is 0 Å². The van der Waals surface area contributed by atoms with Crippen LogP contribution in [0, 0.1) is 11.8 Å². The molecule has 1 saturated carbocycles. The highest BCUT2D eigenvalue weighted by Gasteiger charge is 2.24. The third-order valence-electron chi connectivity index (χ3n) is 5.67. The summed E-state index contributed by atoms with van der Waals surface area (Å²) in [4.78, 5) is 36.9. The molecule has 0 aromatic heterocycles. The highest BCUT2D eigenvalue weighted by Crippen LogP contribution is 2.34. The van der Waals surface area contributed by atoms with Crippen LogP contribution in [0.4, 0.5) is 0 Å². The molecule has 3 rings (SSSR count). The van der Waals surface area contributed by atoms with Crippen LogP contribution in [0.15, 0.2) is 47.5 Å². The molecule has 7 nitrogen and oxygen atoms in total. The van der Waals surface area contributed by atoms with Crippen LogP contribution >= 0.6 is 0 Å². The molecule has 0 bridgehead atoms. The van der Waals surface area contributed by atoms with E-state index in [1.54, 1.807) is 64.1 Å². The van der Waals surface area contributed by atoms with E-state index in [0.29, 0.717) is 47.0 Å². The number of carbonyl (C=O) groups excluding carboxylic acids is 3. The van der Waals surface area contributed by atoms with Crippen LogP contribution in [0.1, 0.15) is 51.7 Å². The molecule has 0 spiro atoms.